The van der Waals surface area contributed by atoms with Crippen molar-refractivity contribution in [1.29, 1.82) is 0 Å². The van der Waals surface area contributed by atoms with Crippen LogP contribution in [0.15, 0.2) is 23.0 Å². The molecule has 2 aromatic rings. The van der Waals surface area contributed by atoms with Crippen molar-refractivity contribution in [2.24, 2.45) is 5.41 Å². The third-order valence-corrected chi connectivity index (χ3v) is 2.85. The molecule has 0 radical (unpaired) electrons. The lowest BCUT2D eigenvalue weighted by atomic mass is 9.85. The zero-order valence-electron chi connectivity index (χ0n) is 9.70. The van der Waals surface area contributed by atoms with Gasteiger partial charge in [0.05, 0.1) is 16.4 Å². The van der Waals surface area contributed by atoms with Crippen molar-refractivity contribution in [3.05, 3.63) is 34.2 Å². The summed E-state index contributed by atoms with van der Waals surface area (Å²) < 4.78 is 0. The minimum atomic E-state index is -0.859. The van der Waals surface area contributed by atoms with Gasteiger partial charge in [-0.2, -0.15) is 0 Å². The molecule has 5 nitrogen and oxygen atoms in total. The van der Waals surface area contributed by atoms with Gasteiger partial charge in [-0.1, -0.05) is 12.1 Å². The fraction of sp³-hybridized carbons (Fsp3) is 0.333. The Labute approximate surface area is 97.5 Å². The highest BCUT2D eigenvalue weighted by atomic mass is 16.4. The van der Waals surface area contributed by atoms with Gasteiger partial charge in [-0.25, -0.2) is 4.79 Å². The van der Waals surface area contributed by atoms with Crippen LogP contribution in [0.5, 0.6) is 0 Å². The number of para-hydroxylation sites is 1. The van der Waals surface area contributed by atoms with Gasteiger partial charge in [0.1, 0.15) is 0 Å². The first-order valence-corrected chi connectivity index (χ1v) is 5.33. The van der Waals surface area contributed by atoms with Gasteiger partial charge in [-0.05, 0) is 31.9 Å². The summed E-state index contributed by atoms with van der Waals surface area (Å²) >= 11 is 0. The number of hydrogen-bond donors (Lipinski definition) is 3. The zero-order chi connectivity index (χ0) is 12.6. The molecule has 1 aromatic heterocycles. The van der Waals surface area contributed by atoms with Crippen LogP contribution in [0.3, 0.4) is 0 Å². The lowest BCUT2D eigenvalue weighted by Crippen LogP contribution is -2.26. The number of fused-ring (bicyclic) bond motifs is 1. The smallest absolute Gasteiger partial charge is 0.323 e. The second kappa shape index (κ2) is 3.76. The number of nitrogens with one attached hydrogen (secondary N) is 2. The van der Waals surface area contributed by atoms with E-state index in [9.17, 15) is 9.59 Å². The van der Waals surface area contributed by atoms with E-state index in [4.69, 9.17) is 5.11 Å². The summed E-state index contributed by atoms with van der Waals surface area (Å²) in [7, 11) is 0. The van der Waals surface area contributed by atoms with Crippen LogP contribution in [0.25, 0.3) is 11.0 Å². The van der Waals surface area contributed by atoms with Gasteiger partial charge in [-0.15, -0.1) is 0 Å². The molecule has 0 unspecified atom stereocenters. The van der Waals surface area contributed by atoms with E-state index >= 15 is 0 Å². The summed E-state index contributed by atoms with van der Waals surface area (Å²) in [5.74, 6) is -0.854. The first kappa shape index (κ1) is 11.4. The lowest BCUT2D eigenvalue weighted by molar-refractivity contribution is -0.146. The molecular weight excluding hydrogens is 220 g/mol. The van der Waals surface area contributed by atoms with E-state index in [0.29, 0.717) is 17.5 Å². The number of aliphatic carboxylic acids is 1. The Kier molecular flexibility index (Phi) is 2.53. The van der Waals surface area contributed by atoms with E-state index in [-0.39, 0.29) is 5.69 Å². The van der Waals surface area contributed by atoms with Gasteiger partial charge < -0.3 is 15.1 Å². The highest BCUT2D eigenvalue weighted by Crippen LogP contribution is 2.25. The Morgan fingerprint density at radius 2 is 2.06 bits per heavy atom. The first-order chi connectivity index (χ1) is 7.90. The fourth-order valence-electron chi connectivity index (χ4n) is 1.82. The molecule has 0 fully saturated rings. The molecule has 0 saturated heterocycles. The van der Waals surface area contributed by atoms with Crippen LogP contribution < -0.4 is 5.69 Å². The quantitative estimate of drug-likeness (QED) is 0.752. The third-order valence-electron chi connectivity index (χ3n) is 2.85. The van der Waals surface area contributed by atoms with E-state index in [0.717, 1.165) is 5.56 Å². The van der Waals surface area contributed by atoms with Crippen molar-refractivity contribution in [3.8, 4) is 0 Å². The number of imidazole rings is 1. The molecule has 0 spiro atoms. The second-order valence-electron chi connectivity index (χ2n) is 4.78. The number of benzene rings is 1. The largest absolute Gasteiger partial charge is 0.481 e. The maximum Gasteiger partial charge on any atom is 0.323 e. The summed E-state index contributed by atoms with van der Waals surface area (Å²) in [5, 5.41) is 9.10. The Balaban J connectivity index is 2.49. The molecule has 0 saturated carbocycles. The van der Waals surface area contributed by atoms with Gasteiger partial charge in [-0.3, -0.25) is 4.79 Å². The summed E-state index contributed by atoms with van der Waals surface area (Å²) in [6, 6.07) is 5.42. The summed E-state index contributed by atoms with van der Waals surface area (Å²) in [6.07, 6.45) is 0.369. The van der Waals surface area contributed by atoms with E-state index in [1.165, 1.54) is 0 Å². The molecule has 90 valence electrons. The van der Waals surface area contributed by atoms with Crippen LogP contribution in [0.2, 0.25) is 0 Å². The minimum Gasteiger partial charge on any atom is -0.481 e. The van der Waals surface area contributed by atoms with Crippen molar-refractivity contribution in [1.82, 2.24) is 9.97 Å². The van der Waals surface area contributed by atoms with Gasteiger partial charge in [0, 0.05) is 0 Å². The maximum atomic E-state index is 11.2. The van der Waals surface area contributed by atoms with Crippen molar-refractivity contribution >= 4 is 17.0 Å². The van der Waals surface area contributed by atoms with Crippen LogP contribution in [0, 0.1) is 5.41 Å². The molecule has 1 aromatic carbocycles. The summed E-state index contributed by atoms with van der Waals surface area (Å²) in [6.45, 7) is 3.33. The SMILES string of the molecule is CC(C)(Cc1cccc2[nH]c(=O)[nH]c12)C(=O)O. The molecule has 0 aliphatic heterocycles. The number of carboxylic acid groups (broad SMARTS) is 1. The lowest BCUT2D eigenvalue weighted by Gasteiger charge is -2.19. The minimum absolute atomic E-state index is 0.277. The number of carbonyl (C=O) groups is 1. The predicted octanol–water partition coefficient (Wildman–Crippen LogP) is 1.51. The van der Waals surface area contributed by atoms with E-state index in [1.807, 2.05) is 6.07 Å². The summed E-state index contributed by atoms with van der Waals surface area (Å²) in [4.78, 5) is 27.6. The maximum absolute atomic E-state index is 11.2. The molecule has 5 heteroatoms. The Bertz CT molecular complexity index is 622. The van der Waals surface area contributed by atoms with Gasteiger partial charge in [0.15, 0.2) is 0 Å². The van der Waals surface area contributed by atoms with Crippen molar-refractivity contribution in [3.63, 3.8) is 0 Å². The molecule has 3 N–H and O–H groups in total. The van der Waals surface area contributed by atoms with Crippen LogP contribution in [0.1, 0.15) is 19.4 Å². The number of aromatic nitrogens is 2. The van der Waals surface area contributed by atoms with Crippen LogP contribution in [-0.2, 0) is 11.2 Å². The van der Waals surface area contributed by atoms with Crippen molar-refractivity contribution in [2.75, 3.05) is 0 Å². The fourth-order valence-corrected chi connectivity index (χ4v) is 1.82. The monoisotopic (exact) mass is 234 g/mol. The predicted molar refractivity (Wildman–Crippen MR) is 64.0 cm³/mol. The molecule has 17 heavy (non-hydrogen) atoms. The molecule has 0 bridgehead atoms. The molecule has 0 aliphatic carbocycles. The molecule has 0 atom stereocenters. The number of H-pyrrole nitrogens is 2. The highest BCUT2D eigenvalue weighted by Gasteiger charge is 2.28. The Morgan fingerprint density at radius 3 is 2.71 bits per heavy atom. The standard InChI is InChI=1S/C12H14N2O3/c1-12(2,10(15)16)6-7-4-3-5-8-9(7)14-11(17)13-8/h3-5H,6H2,1-2H3,(H,15,16)(H2,13,14,17). The Morgan fingerprint density at radius 1 is 1.35 bits per heavy atom. The number of aromatic amines is 2. The molecular formula is C12H14N2O3. The van der Waals surface area contributed by atoms with Crippen molar-refractivity contribution < 1.29 is 9.90 Å². The summed E-state index contributed by atoms with van der Waals surface area (Å²) in [5.41, 5.74) is 1.08. The topological polar surface area (TPSA) is 86.0 Å². The van der Waals surface area contributed by atoms with Gasteiger partial charge in [0.25, 0.3) is 0 Å². The molecule has 0 amide bonds. The number of carboxylic acids is 1. The molecule has 1 heterocycles. The van der Waals surface area contributed by atoms with Gasteiger partial charge >= 0.3 is 11.7 Å². The van der Waals surface area contributed by atoms with Crippen LogP contribution >= 0.6 is 0 Å². The zero-order valence-corrected chi connectivity index (χ0v) is 9.70. The Hall–Kier alpha value is -2.04. The second-order valence-corrected chi connectivity index (χ2v) is 4.78. The molecule has 0 aliphatic rings. The average Bonchev–Trinajstić information content (AvgIpc) is 2.59. The van der Waals surface area contributed by atoms with Crippen molar-refractivity contribution in [2.45, 2.75) is 20.3 Å². The normalized spacial score (nSPS) is 11.9. The van der Waals surface area contributed by atoms with E-state index in [2.05, 4.69) is 9.97 Å². The highest BCUT2D eigenvalue weighted by molar-refractivity contribution is 5.80. The third kappa shape index (κ3) is 2.08. The first-order valence-electron chi connectivity index (χ1n) is 5.33. The van der Waals surface area contributed by atoms with E-state index in [1.54, 1.807) is 26.0 Å². The van der Waals surface area contributed by atoms with Gasteiger partial charge in [0.2, 0.25) is 0 Å². The van der Waals surface area contributed by atoms with Crippen LogP contribution in [-0.4, -0.2) is 21.0 Å². The molecule has 2 rings (SSSR count). The average molecular weight is 234 g/mol. The number of hydrogen-bond acceptors (Lipinski definition) is 2. The van der Waals surface area contributed by atoms with Crippen LogP contribution in [0.4, 0.5) is 0 Å². The number of rotatable bonds is 3. The van der Waals surface area contributed by atoms with E-state index < -0.39 is 11.4 Å².